The summed E-state index contributed by atoms with van der Waals surface area (Å²) in [4.78, 5) is 26.4. The number of esters is 1. The molecule has 0 bridgehead atoms. The van der Waals surface area contributed by atoms with E-state index in [1.165, 1.54) is 6.08 Å². The summed E-state index contributed by atoms with van der Waals surface area (Å²) in [5.74, 6) is 0.407. The molecule has 0 aromatic heterocycles. The van der Waals surface area contributed by atoms with Crippen LogP contribution in [0.1, 0.15) is 31.9 Å². The van der Waals surface area contributed by atoms with Gasteiger partial charge in [-0.15, -0.1) is 0 Å². The van der Waals surface area contributed by atoms with Crippen molar-refractivity contribution in [1.82, 2.24) is 0 Å². The third-order valence-electron chi connectivity index (χ3n) is 4.78. The van der Waals surface area contributed by atoms with Gasteiger partial charge in [0.1, 0.15) is 0 Å². The third-order valence-corrected chi connectivity index (χ3v) is 4.78. The molecule has 0 spiro atoms. The molecule has 0 radical (unpaired) electrons. The summed E-state index contributed by atoms with van der Waals surface area (Å²) >= 11 is 0. The molecule has 6 heteroatoms. The van der Waals surface area contributed by atoms with Crippen molar-refractivity contribution in [1.29, 1.82) is 0 Å². The molecule has 1 aliphatic rings. The topological polar surface area (TPSA) is 65.1 Å². The van der Waals surface area contributed by atoms with Gasteiger partial charge in [-0.3, -0.25) is 4.79 Å². The summed E-state index contributed by atoms with van der Waals surface area (Å²) in [7, 11) is 1.56. The fourth-order valence-corrected chi connectivity index (χ4v) is 3.50. The molecule has 0 aliphatic carbocycles. The molecular formula is C24H27NO5. The summed E-state index contributed by atoms with van der Waals surface area (Å²) in [5.41, 5.74) is 2.77. The summed E-state index contributed by atoms with van der Waals surface area (Å²) in [5, 5.41) is 0. The number of nitrogens with zero attached hydrogens (tertiary/aromatic N) is 1. The van der Waals surface area contributed by atoms with Crippen LogP contribution in [0.15, 0.2) is 48.5 Å². The van der Waals surface area contributed by atoms with Crippen molar-refractivity contribution in [3.63, 3.8) is 0 Å². The van der Waals surface area contributed by atoms with E-state index in [1.54, 1.807) is 30.2 Å². The normalized spacial score (nSPS) is 15.4. The van der Waals surface area contributed by atoms with E-state index in [0.717, 1.165) is 23.2 Å². The molecule has 0 N–H and O–H groups in total. The number of carbonyl (C=O) groups excluding carboxylic acids is 2. The summed E-state index contributed by atoms with van der Waals surface area (Å²) in [6.07, 6.45) is 3.74. The van der Waals surface area contributed by atoms with E-state index in [2.05, 4.69) is 0 Å². The Balaban J connectivity index is 1.58. The molecule has 6 nitrogen and oxygen atoms in total. The highest BCUT2D eigenvalue weighted by molar-refractivity contribution is 5.98. The van der Waals surface area contributed by atoms with E-state index < -0.39 is 5.97 Å². The van der Waals surface area contributed by atoms with Crippen LogP contribution in [-0.2, 0) is 20.7 Å². The molecule has 1 heterocycles. The summed E-state index contributed by atoms with van der Waals surface area (Å²) in [6, 6.07) is 13.2. The molecule has 0 unspecified atom stereocenters. The molecule has 30 heavy (non-hydrogen) atoms. The average molecular weight is 409 g/mol. The number of hydrogen-bond donors (Lipinski definition) is 0. The number of hydrogen-bond acceptors (Lipinski definition) is 5. The minimum Gasteiger partial charge on any atom is -0.493 e. The van der Waals surface area contributed by atoms with E-state index in [9.17, 15) is 9.59 Å². The monoisotopic (exact) mass is 409 g/mol. The highest BCUT2D eigenvalue weighted by atomic mass is 16.5. The number of methoxy groups -OCH3 is 1. The number of para-hydroxylation sites is 1. The zero-order valence-corrected chi connectivity index (χ0v) is 17.8. The maximum Gasteiger partial charge on any atom is 0.331 e. The van der Waals surface area contributed by atoms with E-state index in [0.29, 0.717) is 11.5 Å². The van der Waals surface area contributed by atoms with Crippen LogP contribution < -0.4 is 14.4 Å². The molecule has 3 rings (SSSR count). The molecule has 2 aromatic carbocycles. The van der Waals surface area contributed by atoms with Gasteiger partial charge in [0.25, 0.3) is 5.91 Å². The van der Waals surface area contributed by atoms with Crippen molar-refractivity contribution < 1.29 is 23.8 Å². The predicted molar refractivity (Wildman–Crippen MR) is 116 cm³/mol. The lowest BCUT2D eigenvalue weighted by molar-refractivity contribution is -0.143. The van der Waals surface area contributed by atoms with Crippen molar-refractivity contribution in [3.8, 4) is 11.5 Å². The summed E-state index contributed by atoms with van der Waals surface area (Å²) < 4.78 is 16.2. The van der Waals surface area contributed by atoms with Crippen LogP contribution in [0, 0.1) is 0 Å². The zero-order valence-electron chi connectivity index (χ0n) is 17.8. The van der Waals surface area contributed by atoms with Crippen LogP contribution in [0.5, 0.6) is 11.5 Å². The minimum atomic E-state index is -0.579. The number of anilines is 1. The number of amides is 1. The van der Waals surface area contributed by atoms with Crippen molar-refractivity contribution in [2.75, 3.05) is 18.6 Å². The molecule has 0 saturated carbocycles. The first-order valence-corrected chi connectivity index (χ1v) is 9.98. The molecule has 1 atom stereocenters. The molecule has 1 amide bonds. The van der Waals surface area contributed by atoms with Crippen LogP contribution in [0.3, 0.4) is 0 Å². The Kier molecular flexibility index (Phi) is 6.77. The van der Waals surface area contributed by atoms with Crippen molar-refractivity contribution in [3.05, 3.63) is 59.7 Å². The van der Waals surface area contributed by atoms with Gasteiger partial charge in [0.05, 0.1) is 13.2 Å². The Morgan fingerprint density at radius 1 is 1.17 bits per heavy atom. The van der Waals surface area contributed by atoms with Crippen LogP contribution in [-0.4, -0.2) is 37.7 Å². The Bertz CT molecular complexity index is 950. The SMILES string of the molecule is COc1cc(/C=C/C(=O)OCC(=O)N2c3ccccc3C[C@@H]2C)ccc1OC(C)C. The summed E-state index contributed by atoms with van der Waals surface area (Å²) in [6.45, 7) is 5.56. The second-order valence-electron chi connectivity index (χ2n) is 7.46. The fraction of sp³-hybridized carbons (Fsp3) is 0.333. The van der Waals surface area contributed by atoms with Crippen molar-refractivity contribution in [2.24, 2.45) is 0 Å². The van der Waals surface area contributed by atoms with E-state index in [1.807, 2.05) is 51.1 Å². The molecule has 0 saturated heterocycles. The molecule has 0 fully saturated rings. The van der Waals surface area contributed by atoms with Crippen molar-refractivity contribution in [2.45, 2.75) is 39.3 Å². The third kappa shape index (κ3) is 5.00. The Hall–Kier alpha value is -3.28. The van der Waals surface area contributed by atoms with Gasteiger partial charge in [-0.2, -0.15) is 0 Å². The lowest BCUT2D eigenvalue weighted by atomic mass is 10.1. The first kappa shape index (κ1) is 21.4. The molecule has 1 aliphatic heterocycles. The van der Waals surface area contributed by atoms with Crippen LogP contribution >= 0.6 is 0 Å². The highest BCUT2D eigenvalue weighted by Crippen LogP contribution is 2.32. The standard InChI is InChI=1S/C24H27NO5/c1-16(2)30-21-11-9-18(14-22(21)28-4)10-12-24(27)29-15-23(26)25-17(3)13-19-7-5-6-8-20(19)25/h5-12,14,16-17H,13,15H2,1-4H3/b12-10+/t17-/m0/s1. The lowest BCUT2D eigenvalue weighted by Gasteiger charge is -2.22. The second-order valence-corrected chi connectivity index (χ2v) is 7.46. The van der Waals surface area contributed by atoms with Crippen molar-refractivity contribution >= 4 is 23.6 Å². The smallest absolute Gasteiger partial charge is 0.331 e. The van der Waals surface area contributed by atoms with E-state index >= 15 is 0 Å². The second kappa shape index (κ2) is 9.48. The first-order valence-electron chi connectivity index (χ1n) is 9.98. The Morgan fingerprint density at radius 3 is 2.67 bits per heavy atom. The van der Waals surface area contributed by atoms with Gasteiger partial charge in [0.15, 0.2) is 18.1 Å². The number of ether oxygens (including phenoxy) is 3. The average Bonchev–Trinajstić information content (AvgIpc) is 3.06. The number of fused-ring (bicyclic) bond motifs is 1. The maximum absolute atomic E-state index is 12.6. The predicted octanol–water partition coefficient (Wildman–Crippen LogP) is 4.02. The number of benzene rings is 2. The fourth-order valence-electron chi connectivity index (χ4n) is 3.50. The molecular weight excluding hydrogens is 382 g/mol. The first-order chi connectivity index (χ1) is 14.4. The zero-order chi connectivity index (χ0) is 21.7. The lowest BCUT2D eigenvalue weighted by Crippen LogP contribution is -2.38. The molecule has 158 valence electrons. The van der Waals surface area contributed by atoms with Crippen LogP contribution in [0.4, 0.5) is 5.69 Å². The Labute approximate surface area is 177 Å². The number of carbonyl (C=O) groups is 2. The van der Waals surface area contributed by atoms with Gasteiger partial charge in [0.2, 0.25) is 0 Å². The van der Waals surface area contributed by atoms with E-state index in [-0.39, 0.29) is 24.7 Å². The van der Waals surface area contributed by atoms with Gasteiger partial charge in [-0.25, -0.2) is 4.79 Å². The maximum atomic E-state index is 12.6. The van der Waals surface area contributed by atoms with Crippen LogP contribution in [0.2, 0.25) is 0 Å². The van der Waals surface area contributed by atoms with Crippen LogP contribution in [0.25, 0.3) is 6.08 Å². The largest absolute Gasteiger partial charge is 0.493 e. The minimum absolute atomic E-state index is 0.0260. The Morgan fingerprint density at radius 2 is 1.93 bits per heavy atom. The molecule has 2 aromatic rings. The van der Waals surface area contributed by atoms with E-state index in [4.69, 9.17) is 14.2 Å². The van der Waals surface area contributed by atoms with Gasteiger partial charge in [-0.1, -0.05) is 24.3 Å². The van der Waals surface area contributed by atoms with Gasteiger partial charge >= 0.3 is 5.97 Å². The van der Waals surface area contributed by atoms with Gasteiger partial charge in [0, 0.05) is 17.8 Å². The number of rotatable bonds is 7. The van der Waals surface area contributed by atoms with Gasteiger partial charge in [-0.05, 0) is 62.6 Å². The van der Waals surface area contributed by atoms with Gasteiger partial charge < -0.3 is 19.1 Å². The quantitative estimate of drug-likeness (QED) is 0.511. The highest BCUT2D eigenvalue weighted by Gasteiger charge is 2.30.